The summed E-state index contributed by atoms with van der Waals surface area (Å²) in [6.07, 6.45) is 2.77. The molecule has 0 spiro atoms. The SMILES string of the molecule is CCOCCOCCn1cncc(Cl)c1=O. The fourth-order valence-electron chi connectivity index (χ4n) is 1.11. The van der Waals surface area contributed by atoms with Gasteiger partial charge in [-0.15, -0.1) is 0 Å². The molecule has 0 saturated carbocycles. The van der Waals surface area contributed by atoms with Crippen LogP contribution in [0, 0.1) is 0 Å². The van der Waals surface area contributed by atoms with Crippen molar-refractivity contribution in [2.45, 2.75) is 13.5 Å². The summed E-state index contributed by atoms with van der Waals surface area (Å²) in [5.74, 6) is 0. The van der Waals surface area contributed by atoms with Gasteiger partial charge in [-0.2, -0.15) is 0 Å². The first-order valence-electron chi connectivity index (χ1n) is 5.11. The van der Waals surface area contributed by atoms with E-state index in [1.54, 1.807) is 0 Å². The van der Waals surface area contributed by atoms with Gasteiger partial charge in [0.05, 0.1) is 38.9 Å². The molecule has 0 saturated heterocycles. The molecule has 0 fully saturated rings. The Balaban J connectivity index is 2.27. The van der Waals surface area contributed by atoms with Crippen molar-refractivity contribution in [3.8, 4) is 0 Å². The summed E-state index contributed by atoms with van der Waals surface area (Å²) in [5.41, 5.74) is -0.245. The van der Waals surface area contributed by atoms with Crippen molar-refractivity contribution in [1.29, 1.82) is 0 Å². The topological polar surface area (TPSA) is 53.4 Å². The molecule has 0 N–H and O–H groups in total. The van der Waals surface area contributed by atoms with Crippen LogP contribution in [0.1, 0.15) is 6.92 Å². The van der Waals surface area contributed by atoms with E-state index in [9.17, 15) is 4.79 Å². The first-order chi connectivity index (χ1) is 7.75. The molecule has 90 valence electrons. The van der Waals surface area contributed by atoms with Crippen LogP contribution in [0.25, 0.3) is 0 Å². The zero-order valence-electron chi connectivity index (χ0n) is 9.19. The van der Waals surface area contributed by atoms with E-state index in [1.165, 1.54) is 17.1 Å². The van der Waals surface area contributed by atoms with Crippen molar-refractivity contribution in [2.24, 2.45) is 0 Å². The molecule has 0 unspecified atom stereocenters. The molecule has 0 atom stereocenters. The lowest BCUT2D eigenvalue weighted by Crippen LogP contribution is -2.23. The minimum atomic E-state index is -0.245. The summed E-state index contributed by atoms with van der Waals surface area (Å²) in [6.45, 7) is 4.58. The Hall–Kier alpha value is -0.910. The Morgan fingerprint density at radius 1 is 1.38 bits per heavy atom. The molecule has 0 bridgehead atoms. The van der Waals surface area contributed by atoms with E-state index in [0.29, 0.717) is 33.0 Å². The third-order valence-corrected chi connectivity index (χ3v) is 2.17. The van der Waals surface area contributed by atoms with Gasteiger partial charge in [0.15, 0.2) is 0 Å². The number of hydrogen-bond donors (Lipinski definition) is 0. The average molecular weight is 247 g/mol. The predicted molar refractivity (Wildman–Crippen MR) is 60.8 cm³/mol. The molecule has 1 heterocycles. The predicted octanol–water partition coefficient (Wildman–Crippen LogP) is 0.950. The van der Waals surface area contributed by atoms with Crippen molar-refractivity contribution in [3.63, 3.8) is 0 Å². The summed E-state index contributed by atoms with van der Waals surface area (Å²) in [5, 5.41) is 0.122. The lowest BCUT2D eigenvalue weighted by Gasteiger charge is -2.06. The van der Waals surface area contributed by atoms with Crippen molar-refractivity contribution in [2.75, 3.05) is 26.4 Å². The Bertz CT molecular complexity index is 367. The molecule has 0 aliphatic heterocycles. The molecule has 0 radical (unpaired) electrons. The van der Waals surface area contributed by atoms with Gasteiger partial charge in [-0.3, -0.25) is 9.36 Å². The van der Waals surface area contributed by atoms with Crippen LogP contribution < -0.4 is 5.56 Å². The van der Waals surface area contributed by atoms with E-state index in [4.69, 9.17) is 21.1 Å². The zero-order chi connectivity index (χ0) is 11.8. The number of hydrogen-bond acceptors (Lipinski definition) is 4. The number of ether oxygens (including phenoxy) is 2. The second-order valence-corrected chi connectivity index (χ2v) is 3.46. The Morgan fingerprint density at radius 2 is 2.12 bits per heavy atom. The van der Waals surface area contributed by atoms with Crippen LogP contribution in [0.4, 0.5) is 0 Å². The molecule has 0 aliphatic carbocycles. The minimum absolute atomic E-state index is 0.122. The molecule has 1 aromatic rings. The van der Waals surface area contributed by atoms with Crippen molar-refractivity contribution in [3.05, 3.63) is 27.9 Å². The van der Waals surface area contributed by atoms with Gasteiger partial charge in [0.1, 0.15) is 5.02 Å². The van der Waals surface area contributed by atoms with Gasteiger partial charge < -0.3 is 9.47 Å². The largest absolute Gasteiger partial charge is 0.379 e. The van der Waals surface area contributed by atoms with Gasteiger partial charge in [-0.1, -0.05) is 11.6 Å². The molecule has 1 rings (SSSR count). The first-order valence-corrected chi connectivity index (χ1v) is 5.49. The monoisotopic (exact) mass is 246 g/mol. The maximum Gasteiger partial charge on any atom is 0.272 e. The van der Waals surface area contributed by atoms with Gasteiger partial charge in [0.2, 0.25) is 0 Å². The van der Waals surface area contributed by atoms with Gasteiger partial charge in [0.25, 0.3) is 5.56 Å². The molecular formula is C10H15ClN2O3. The van der Waals surface area contributed by atoms with Crippen LogP contribution in [0.5, 0.6) is 0 Å². The maximum absolute atomic E-state index is 11.4. The smallest absolute Gasteiger partial charge is 0.272 e. The summed E-state index contributed by atoms with van der Waals surface area (Å²) in [7, 11) is 0. The minimum Gasteiger partial charge on any atom is -0.379 e. The van der Waals surface area contributed by atoms with Gasteiger partial charge in [-0.05, 0) is 6.92 Å². The second-order valence-electron chi connectivity index (χ2n) is 3.05. The number of aromatic nitrogens is 2. The van der Waals surface area contributed by atoms with E-state index in [1.807, 2.05) is 6.92 Å². The highest BCUT2D eigenvalue weighted by Crippen LogP contribution is 1.95. The number of rotatable bonds is 7. The summed E-state index contributed by atoms with van der Waals surface area (Å²) >= 11 is 5.64. The third kappa shape index (κ3) is 4.30. The molecule has 1 aromatic heterocycles. The fraction of sp³-hybridized carbons (Fsp3) is 0.600. The first kappa shape index (κ1) is 13.2. The second kappa shape index (κ2) is 7.38. The molecule has 16 heavy (non-hydrogen) atoms. The van der Waals surface area contributed by atoms with Crippen LogP contribution in [0.3, 0.4) is 0 Å². The lowest BCUT2D eigenvalue weighted by molar-refractivity contribution is 0.0494. The van der Waals surface area contributed by atoms with Gasteiger partial charge >= 0.3 is 0 Å². The van der Waals surface area contributed by atoms with Gasteiger partial charge in [-0.25, -0.2) is 4.98 Å². The quantitative estimate of drug-likeness (QED) is 0.673. The van der Waals surface area contributed by atoms with Crippen molar-refractivity contribution in [1.82, 2.24) is 9.55 Å². The van der Waals surface area contributed by atoms with E-state index < -0.39 is 0 Å². The highest BCUT2D eigenvalue weighted by Gasteiger charge is 2.00. The molecule has 6 heteroatoms. The zero-order valence-corrected chi connectivity index (χ0v) is 9.94. The molecule has 0 aromatic carbocycles. The Labute approximate surface area is 99.0 Å². The fourth-order valence-corrected chi connectivity index (χ4v) is 1.28. The van der Waals surface area contributed by atoms with Crippen LogP contribution in [0.2, 0.25) is 5.02 Å². The molecule has 5 nitrogen and oxygen atoms in total. The van der Waals surface area contributed by atoms with Crippen LogP contribution >= 0.6 is 11.6 Å². The van der Waals surface area contributed by atoms with Crippen LogP contribution in [0.15, 0.2) is 17.3 Å². The van der Waals surface area contributed by atoms with E-state index in [-0.39, 0.29) is 10.6 Å². The van der Waals surface area contributed by atoms with Crippen LogP contribution in [-0.4, -0.2) is 36.0 Å². The highest BCUT2D eigenvalue weighted by atomic mass is 35.5. The van der Waals surface area contributed by atoms with Crippen molar-refractivity contribution >= 4 is 11.6 Å². The summed E-state index contributed by atoms with van der Waals surface area (Å²) in [4.78, 5) is 15.3. The average Bonchev–Trinajstić information content (AvgIpc) is 2.29. The molecule has 0 amide bonds. The van der Waals surface area contributed by atoms with E-state index in [0.717, 1.165) is 0 Å². The summed E-state index contributed by atoms with van der Waals surface area (Å²) in [6, 6.07) is 0. The maximum atomic E-state index is 11.4. The normalized spacial score (nSPS) is 10.6. The van der Waals surface area contributed by atoms with Gasteiger partial charge in [0, 0.05) is 6.61 Å². The van der Waals surface area contributed by atoms with E-state index in [2.05, 4.69) is 4.98 Å². The standard InChI is InChI=1S/C10H15ClN2O3/c1-2-15-5-6-16-4-3-13-8-12-7-9(11)10(13)14/h7-8H,2-6H2,1H3. The molecular weight excluding hydrogens is 232 g/mol. The lowest BCUT2D eigenvalue weighted by atomic mass is 10.6. The van der Waals surface area contributed by atoms with Crippen molar-refractivity contribution < 1.29 is 9.47 Å². The highest BCUT2D eigenvalue weighted by molar-refractivity contribution is 6.30. The van der Waals surface area contributed by atoms with E-state index >= 15 is 0 Å². The number of nitrogens with zero attached hydrogens (tertiary/aromatic N) is 2. The third-order valence-electron chi connectivity index (χ3n) is 1.91. The Morgan fingerprint density at radius 3 is 2.88 bits per heavy atom. The summed E-state index contributed by atoms with van der Waals surface area (Å²) < 4.78 is 11.8. The molecule has 0 aliphatic rings. The Kier molecular flexibility index (Phi) is 6.07. The number of halogens is 1. The van der Waals surface area contributed by atoms with Crippen LogP contribution in [-0.2, 0) is 16.0 Å².